The summed E-state index contributed by atoms with van der Waals surface area (Å²) in [6.07, 6.45) is 0. The number of carboxylic acids is 1. The lowest BCUT2D eigenvalue weighted by Crippen LogP contribution is -2.11. The second kappa shape index (κ2) is 5.55. The largest absolute Gasteiger partial charge is 0.475 e. The molecule has 0 aliphatic rings. The van der Waals surface area contributed by atoms with Crippen LogP contribution in [-0.2, 0) is 10.8 Å². The maximum Gasteiger partial charge on any atom is 0.371 e. The van der Waals surface area contributed by atoms with Crippen LogP contribution in [0.5, 0.6) is 0 Å². The smallest absolute Gasteiger partial charge is 0.371 e. The van der Waals surface area contributed by atoms with Gasteiger partial charge in [0.2, 0.25) is 5.76 Å². The van der Waals surface area contributed by atoms with Gasteiger partial charge in [-0.3, -0.25) is 4.21 Å². The molecule has 0 amide bonds. The van der Waals surface area contributed by atoms with Crippen LogP contribution < -0.4 is 5.32 Å². The summed E-state index contributed by atoms with van der Waals surface area (Å²) in [6.45, 7) is 2.36. The summed E-state index contributed by atoms with van der Waals surface area (Å²) in [4.78, 5) is 10.5. The van der Waals surface area contributed by atoms with Crippen molar-refractivity contribution in [1.29, 1.82) is 0 Å². The number of hydrogen-bond acceptors (Lipinski definition) is 4. The molecule has 0 bridgehead atoms. The van der Waals surface area contributed by atoms with Gasteiger partial charge in [-0.05, 0) is 6.07 Å². The molecule has 84 valence electrons. The van der Waals surface area contributed by atoms with E-state index in [1.165, 1.54) is 12.1 Å². The number of nitrogens with one attached hydrogen (secondary N) is 1. The van der Waals surface area contributed by atoms with Crippen LogP contribution in [0.25, 0.3) is 0 Å². The number of carboxylic acid groups (broad SMARTS) is 1. The third-order valence-electron chi connectivity index (χ3n) is 1.77. The zero-order valence-corrected chi connectivity index (χ0v) is 9.17. The first-order valence-electron chi connectivity index (χ1n) is 4.55. The van der Waals surface area contributed by atoms with Crippen LogP contribution in [-0.4, -0.2) is 33.3 Å². The first-order chi connectivity index (χ1) is 7.13. The van der Waals surface area contributed by atoms with Crippen LogP contribution in [0.3, 0.4) is 0 Å². The SMILES string of the molecule is CCS(=O)CCNc1ccc(C(=O)O)o1. The Kier molecular flexibility index (Phi) is 4.36. The Balaban J connectivity index is 2.38. The highest BCUT2D eigenvalue weighted by molar-refractivity contribution is 7.84. The molecule has 0 saturated carbocycles. The fourth-order valence-electron chi connectivity index (χ4n) is 0.980. The van der Waals surface area contributed by atoms with Crippen molar-refractivity contribution in [3.8, 4) is 0 Å². The van der Waals surface area contributed by atoms with E-state index in [0.717, 1.165) is 0 Å². The number of anilines is 1. The first kappa shape index (κ1) is 11.8. The molecule has 0 aliphatic carbocycles. The second-order valence-electron chi connectivity index (χ2n) is 2.83. The topological polar surface area (TPSA) is 79.5 Å². The van der Waals surface area contributed by atoms with Gasteiger partial charge in [-0.1, -0.05) is 6.92 Å². The van der Waals surface area contributed by atoms with Crippen molar-refractivity contribution < 1.29 is 18.5 Å². The molecule has 1 unspecified atom stereocenters. The number of furan rings is 1. The van der Waals surface area contributed by atoms with E-state index in [-0.39, 0.29) is 5.76 Å². The molecule has 2 N–H and O–H groups in total. The predicted octanol–water partition coefficient (Wildman–Crippen LogP) is 1.16. The molecular formula is C9H13NO4S. The molecule has 1 aromatic rings. The highest BCUT2D eigenvalue weighted by Gasteiger charge is 2.08. The molecule has 0 radical (unpaired) electrons. The Morgan fingerprint density at radius 2 is 2.33 bits per heavy atom. The van der Waals surface area contributed by atoms with E-state index in [2.05, 4.69) is 5.32 Å². The van der Waals surface area contributed by atoms with Crippen molar-refractivity contribution in [3.05, 3.63) is 17.9 Å². The summed E-state index contributed by atoms with van der Waals surface area (Å²) in [7, 11) is -0.823. The van der Waals surface area contributed by atoms with E-state index >= 15 is 0 Å². The molecule has 1 rings (SSSR count). The minimum absolute atomic E-state index is 0.103. The highest BCUT2D eigenvalue weighted by Crippen LogP contribution is 2.12. The van der Waals surface area contributed by atoms with Gasteiger partial charge in [0.05, 0.1) is 0 Å². The van der Waals surface area contributed by atoms with Gasteiger partial charge in [0.1, 0.15) is 0 Å². The second-order valence-corrected chi connectivity index (χ2v) is 4.69. The summed E-state index contributed by atoms with van der Waals surface area (Å²) in [6, 6.07) is 2.92. The Bertz CT molecular complexity index is 361. The molecule has 0 saturated heterocycles. The molecule has 1 heterocycles. The Labute approximate surface area is 89.9 Å². The van der Waals surface area contributed by atoms with Gasteiger partial charge in [-0.2, -0.15) is 0 Å². The van der Waals surface area contributed by atoms with Gasteiger partial charge in [0.25, 0.3) is 0 Å². The first-order valence-corrected chi connectivity index (χ1v) is 6.04. The van der Waals surface area contributed by atoms with Crippen molar-refractivity contribution in [3.63, 3.8) is 0 Å². The Morgan fingerprint density at radius 1 is 1.60 bits per heavy atom. The van der Waals surface area contributed by atoms with Gasteiger partial charge in [0.15, 0.2) is 5.88 Å². The van der Waals surface area contributed by atoms with Crippen molar-refractivity contribution in [2.24, 2.45) is 0 Å². The maximum atomic E-state index is 11.1. The highest BCUT2D eigenvalue weighted by atomic mass is 32.2. The van der Waals surface area contributed by atoms with E-state index in [1.807, 2.05) is 6.92 Å². The molecule has 5 nitrogen and oxygen atoms in total. The minimum Gasteiger partial charge on any atom is -0.475 e. The third-order valence-corrected chi connectivity index (χ3v) is 3.07. The molecular weight excluding hydrogens is 218 g/mol. The average Bonchev–Trinajstić information content (AvgIpc) is 2.66. The number of carbonyl (C=O) groups is 1. The molecule has 15 heavy (non-hydrogen) atoms. The number of rotatable bonds is 6. The molecule has 0 spiro atoms. The monoisotopic (exact) mass is 231 g/mol. The van der Waals surface area contributed by atoms with Crippen molar-refractivity contribution >= 4 is 22.7 Å². The standard InChI is InChI=1S/C9H13NO4S/c1-2-15(13)6-5-10-8-4-3-7(14-8)9(11)12/h3-4,10H,2,5-6H2,1H3,(H,11,12). The van der Waals surface area contributed by atoms with Crippen molar-refractivity contribution in [2.75, 3.05) is 23.4 Å². The van der Waals surface area contributed by atoms with Crippen LogP contribution >= 0.6 is 0 Å². The lowest BCUT2D eigenvalue weighted by Gasteiger charge is -2.01. The molecule has 1 atom stereocenters. The third kappa shape index (κ3) is 3.75. The van der Waals surface area contributed by atoms with Crippen molar-refractivity contribution in [1.82, 2.24) is 0 Å². The Hall–Kier alpha value is -1.30. The predicted molar refractivity (Wildman–Crippen MR) is 57.7 cm³/mol. The summed E-state index contributed by atoms with van der Waals surface area (Å²) in [5.41, 5.74) is 0. The number of hydrogen-bond donors (Lipinski definition) is 2. The van der Waals surface area contributed by atoms with E-state index in [4.69, 9.17) is 9.52 Å². The van der Waals surface area contributed by atoms with E-state index in [0.29, 0.717) is 23.9 Å². The summed E-state index contributed by atoms with van der Waals surface area (Å²) >= 11 is 0. The summed E-state index contributed by atoms with van der Waals surface area (Å²) in [5.74, 6) is 0.342. The van der Waals surface area contributed by atoms with Crippen LogP contribution in [0.15, 0.2) is 16.5 Å². The zero-order chi connectivity index (χ0) is 11.3. The van der Waals surface area contributed by atoms with Gasteiger partial charge in [-0.25, -0.2) is 4.79 Å². The van der Waals surface area contributed by atoms with E-state index in [1.54, 1.807) is 0 Å². The van der Waals surface area contributed by atoms with Crippen molar-refractivity contribution in [2.45, 2.75) is 6.92 Å². The van der Waals surface area contributed by atoms with E-state index in [9.17, 15) is 9.00 Å². The molecule has 6 heteroatoms. The van der Waals surface area contributed by atoms with Crippen LogP contribution in [0, 0.1) is 0 Å². The van der Waals surface area contributed by atoms with Gasteiger partial charge >= 0.3 is 5.97 Å². The maximum absolute atomic E-state index is 11.1. The van der Waals surface area contributed by atoms with Gasteiger partial charge < -0.3 is 14.8 Å². The minimum atomic E-state index is -1.10. The average molecular weight is 231 g/mol. The summed E-state index contributed by atoms with van der Waals surface area (Å²) < 4.78 is 16.0. The fraction of sp³-hybridized carbons (Fsp3) is 0.444. The summed E-state index contributed by atoms with van der Waals surface area (Å²) in [5, 5.41) is 11.4. The molecule has 0 fully saturated rings. The molecule has 1 aromatic heterocycles. The quantitative estimate of drug-likeness (QED) is 0.768. The van der Waals surface area contributed by atoms with Crippen LogP contribution in [0.1, 0.15) is 17.5 Å². The lowest BCUT2D eigenvalue weighted by molar-refractivity contribution is 0.0663. The number of aromatic carboxylic acids is 1. The van der Waals surface area contributed by atoms with E-state index < -0.39 is 16.8 Å². The molecule has 0 aromatic carbocycles. The van der Waals surface area contributed by atoms with Gasteiger partial charge in [0, 0.05) is 34.9 Å². The zero-order valence-electron chi connectivity index (χ0n) is 8.36. The van der Waals surface area contributed by atoms with Gasteiger partial charge in [-0.15, -0.1) is 0 Å². The van der Waals surface area contributed by atoms with Crippen LogP contribution in [0.2, 0.25) is 0 Å². The van der Waals surface area contributed by atoms with Crippen LogP contribution in [0.4, 0.5) is 5.88 Å². The Morgan fingerprint density at radius 3 is 2.87 bits per heavy atom. The molecule has 0 aliphatic heterocycles. The fourth-order valence-corrected chi connectivity index (χ4v) is 1.60. The lowest BCUT2D eigenvalue weighted by atomic mass is 10.5. The normalized spacial score (nSPS) is 12.3.